The highest BCUT2D eigenvalue weighted by molar-refractivity contribution is 5.35. The first-order valence-electron chi connectivity index (χ1n) is 7.94. The second kappa shape index (κ2) is 6.48. The van der Waals surface area contributed by atoms with Crippen molar-refractivity contribution in [3.63, 3.8) is 0 Å². The summed E-state index contributed by atoms with van der Waals surface area (Å²) in [5, 5.41) is 14.6. The number of hydrogen-bond donors (Lipinski definition) is 1. The highest BCUT2D eigenvalue weighted by Crippen LogP contribution is 2.38. The van der Waals surface area contributed by atoms with Crippen LogP contribution in [0.15, 0.2) is 24.3 Å². The van der Waals surface area contributed by atoms with E-state index in [9.17, 15) is 5.11 Å². The number of rotatable bonds is 7. The van der Waals surface area contributed by atoms with E-state index in [4.69, 9.17) is 9.72 Å². The average Bonchev–Trinajstić information content (AvgIpc) is 3.32. The molecular weight excluding hydrogens is 278 g/mol. The first-order chi connectivity index (χ1) is 10.7. The van der Waals surface area contributed by atoms with Gasteiger partial charge in [-0.1, -0.05) is 25.1 Å². The molecule has 2 aromatic rings. The Bertz CT molecular complexity index is 635. The third kappa shape index (κ3) is 3.30. The van der Waals surface area contributed by atoms with Crippen LogP contribution in [0, 0.1) is 0 Å². The number of nitrogens with zero attached hydrogens (tertiary/aromatic N) is 3. The second-order valence-electron chi connectivity index (χ2n) is 5.89. The molecule has 1 aromatic heterocycles. The fourth-order valence-electron chi connectivity index (χ4n) is 2.53. The summed E-state index contributed by atoms with van der Waals surface area (Å²) in [5.74, 6) is 3.20. The van der Waals surface area contributed by atoms with E-state index in [1.165, 1.54) is 12.8 Å². The SMILES string of the molecule is CC[C@H](O)Cn1nc(C2CC2)nc1Cc1ccccc1OC. The molecule has 1 N–H and O–H groups in total. The smallest absolute Gasteiger partial charge is 0.154 e. The summed E-state index contributed by atoms with van der Waals surface area (Å²) in [6.07, 6.45) is 3.35. The van der Waals surface area contributed by atoms with Crippen LogP contribution in [0.25, 0.3) is 0 Å². The molecule has 1 aliphatic rings. The monoisotopic (exact) mass is 301 g/mol. The van der Waals surface area contributed by atoms with Crippen molar-refractivity contribution in [3.05, 3.63) is 41.5 Å². The number of para-hydroxylation sites is 1. The van der Waals surface area contributed by atoms with Crippen molar-refractivity contribution in [1.29, 1.82) is 0 Å². The Morgan fingerprint density at radius 1 is 1.36 bits per heavy atom. The van der Waals surface area contributed by atoms with Crippen LogP contribution < -0.4 is 4.74 Å². The Labute approximate surface area is 131 Å². The zero-order valence-corrected chi connectivity index (χ0v) is 13.2. The fourth-order valence-corrected chi connectivity index (χ4v) is 2.53. The van der Waals surface area contributed by atoms with Crippen molar-refractivity contribution in [2.24, 2.45) is 0 Å². The number of hydrogen-bond acceptors (Lipinski definition) is 4. The predicted octanol–water partition coefficient (Wildman–Crippen LogP) is 2.53. The summed E-state index contributed by atoms with van der Waals surface area (Å²) >= 11 is 0. The van der Waals surface area contributed by atoms with Crippen molar-refractivity contribution < 1.29 is 9.84 Å². The molecule has 1 saturated carbocycles. The maximum absolute atomic E-state index is 9.95. The number of benzene rings is 1. The zero-order chi connectivity index (χ0) is 15.5. The molecule has 3 rings (SSSR count). The molecule has 5 nitrogen and oxygen atoms in total. The van der Waals surface area contributed by atoms with Gasteiger partial charge in [-0.15, -0.1) is 0 Å². The highest BCUT2D eigenvalue weighted by Gasteiger charge is 2.29. The Balaban J connectivity index is 1.87. The highest BCUT2D eigenvalue weighted by atomic mass is 16.5. The van der Waals surface area contributed by atoms with Crippen LogP contribution in [-0.4, -0.2) is 33.1 Å². The van der Waals surface area contributed by atoms with Crippen molar-refractivity contribution in [1.82, 2.24) is 14.8 Å². The number of methoxy groups -OCH3 is 1. The van der Waals surface area contributed by atoms with Gasteiger partial charge in [0.2, 0.25) is 0 Å². The maximum Gasteiger partial charge on any atom is 0.154 e. The van der Waals surface area contributed by atoms with Crippen molar-refractivity contribution >= 4 is 0 Å². The van der Waals surface area contributed by atoms with Crippen LogP contribution in [0.5, 0.6) is 5.75 Å². The number of aliphatic hydroxyl groups is 1. The largest absolute Gasteiger partial charge is 0.496 e. The quantitative estimate of drug-likeness (QED) is 0.853. The maximum atomic E-state index is 9.95. The molecule has 0 saturated heterocycles. The summed E-state index contributed by atoms with van der Waals surface area (Å²) in [4.78, 5) is 4.72. The molecule has 0 aliphatic heterocycles. The molecule has 0 spiro atoms. The van der Waals surface area contributed by atoms with Gasteiger partial charge >= 0.3 is 0 Å². The lowest BCUT2D eigenvalue weighted by molar-refractivity contribution is 0.144. The molecule has 5 heteroatoms. The van der Waals surface area contributed by atoms with E-state index in [-0.39, 0.29) is 6.10 Å². The third-order valence-electron chi connectivity index (χ3n) is 4.10. The summed E-state index contributed by atoms with van der Waals surface area (Å²) in [7, 11) is 1.68. The van der Waals surface area contributed by atoms with Gasteiger partial charge in [0.05, 0.1) is 19.8 Å². The Morgan fingerprint density at radius 3 is 2.82 bits per heavy atom. The Morgan fingerprint density at radius 2 is 2.14 bits per heavy atom. The van der Waals surface area contributed by atoms with Gasteiger partial charge in [0.15, 0.2) is 5.82 Å². The Kier molecular flexibility index (Phi) is 4.43. The van der Waals surface area contributed by atoms with E-state index in [1.807, 2.05) is 35.9 Å². The topological polar surface area (TPSA) is 60.2 Å². The van der Waals surface area contributed by atoms with Crippen LogP contribution >= 0.6 is 0 Å². The van der Waals surface area contributed by atoms with Crippen molar-refractivity contribution in [2.75, 3.05) is 7.11 Å². The van der Waals surface area contributed by atoms with Gasteiger partial charge in [-0.2, -0.15) is 5.10 Å². The Hall–Kier alpha value is -1.88. The molecule has 1 heterocycles. The molecule has 1 aromatic carbocycles. The summed E-state index contributed by atoms with van der Waals surface area (Å²) < 4.78 is 7.29. The normalized spacial score (nSPS) is 15.8. The van der Waals surface area contributed by atoms with Crippen molar-refractivity contribution in [2.45, 2.75) is 51.2 Å². The van der Waals surface area contributed by atoms with Crippen LogP contribution in [0.4, 0.5) is 0 Å². The molecule has 0 unspecified atom stereocenters. The second-order valence-corrected chi connectivity index (χ2v) is 5.89. The number of aromatic nitrogens is 3. The zero-order valence-electron chi connectivity index (χ0n) is 13.2. The standard InChI is InChI=1S/C17H23N3O2/c1-3-14(21)11-20-16(18-17(19-20)12-8-9-12)10-13-6-4-5-7-15(13)22-2/h4-7,12,14,21H,3,8-11H2,1-2H3/t14-/m0/s1. The van der Waals surface area contributed by atoms with E-state index in [2.05, 4.69) is 5.10 Å². The molecule has 0 bridgehead atoms. The van der Waals surface area contributed by atoms with Gasteiger partial charge in [-0.25, -0.2) is 9.67 Å². The first-order valence-corrected chi connectivity index (χ1v) is 7.94. The molecular formula is C17H23N3O2. The lowest BCUT2D eigenvalue weighted by Crippen LogP contribution is -2.18. The fraction of sp³-hybridized carbons (Fsp3) is 0.529. The molecule has 118 valence electrons. The first kappa shape index (κ1) is 15.0. The van der Waals surface area contributed by atoms with Gasteiger partial charge in [-0.3, -0.25) is 0 Å². The third-order valence-corrected chi connectivity index (χ3v) is 4.10. The van der Waals surface area contributed by atoms with Gasteiger partial charge in [0.25, 0.3) is 0 Å². The lowest BCUT2D eigenvalue weighted by atomic mass is 10.1. The van der Waals surface area contributed by atoms with Gasteiger partial charge < -0.3 is 9.84 Å². The lowest BCUT2D eigenvalue weighted by Gasteiger charge is -2.11. The van der Waals surface area contributed by atoms with E-state index >= 15 is 0 Å². The van der Waals surface area contributed by atoms with Crippen LogP contribution in [0.2, 0.25) is 0 Å². The minimum Gasteiger partial charge on any atom is -0.496 e. The summed E-state index contributed by atoms with van der Waals surface area (Å²) in [6, 6.07) is 7.97. The van der Waals surface area contributed by atoms with Gasteiger partial charge in [-0.05, 0) is 25.3 Å². The minimum absolute atomic E-state index is 0.384. The van der Waals surface area contributed by atoms with Crippen molar-refractivity contribution in [3.8, 4) is 5.75 Å². The van der Waals surface area contributed by atoms with E-state index < -0.39 is 0 Å². The van der Waals surface area contributed by atoms with Gasteiger partial charge in [0.1, 0.15) is 11.6 Å². The van der Waals surface area contributed by atoms with E-state index in [0.29, 0.717) is 25.3 Å². The average molecular weight is 301 g/mol. The number of aliphatic hydroxyl groups excluding tert-OH is 1. The van der Waals surface area contributed by atoms with E-state index in [0.717, 1.165) is 23.0 Å². The molecule has 1 atom stereocenters. The molecule has 22 heavy (non-hydrogen) atoms. The van der Waals surface area contributed by atoms with Crippen LogP contribution in [0.1, 0.15) is 49.3 Å². The molecule has 0 radical (unpaired) electrons. The molecule has 1 fully saturated rings. The predicted molar refractivity (Wildman–Crippen MR) is 84.1 cm³/mol. The van der Waals surface area contributed by atoms with E-state index in [1.54, 1.807) is 7.11 Å². The number of ether oxygens (including phenoxy) is 1. The molecule has 0 amide bonds. The van der Waals surface area contributed by atoms with Crippen LogP contribution in [0.3, 0.4) is 0 Å². The van der Waals surface area contributed by atoms with Crippen LogP contribution in [-0.2, 0) is 13.0 Å². The minimum atomic E-state index is -0.384. The molecule has 1 aliphatic carbocycles. The summed E-state index contributed by atoms with van der Waals surface area (Å²) in [5.41, 5.74) is 1.09. The summed E-state index contributed by atoms with van der Waals surface area (Å²) in [6.45, 7) is 2.48. The van der Waals surface area contributed by atoms with Gasteiger partial charge in [0, 0.05) is 17.9 Å².